The first-order valence-electron chi connectivity index (χ1n) is 6.21. The summed E-state index contributed by atoms with van der Waals surface area (Å²) in [6.45, 7) is 6.29. The molecule has 1 aromatic carbocycles. The van der Waals surface area contributed by atoms with Crippen molar-refractivity contribution < 1.29 is 9.53 Å². The van der Waals surface area contributed by atoms with Crippen molar-refractivity contribution in [3.8, 4) is 0 Å². The molecule has 0 bridgehead atoms. The molecule has 0 spiro atoms. The molecule has 0 fully saturated rings. The van der Waals surface area contributed by atoms with Gasteiger partial charge in [-0.15, -0.1) is 0 Å². The number of rotatable bonds is 7. The second-order valence-electron chi connectivity index (χ2n) is 4.28. The van der Waals surface area contributed by atoms with Gasteiger partial charge in [-0.2, -0.15) is 0 Å². The fourth-order valence-electron chi connectivity index (χ4n) is 1.43. The number of benzene rings is 1. The third kappa shape index (κ3) is 6.04. The standard InChI is InChI=1S/C16H20O2/c1-14(2)10-6-3-4-9-13-18-16(17)15-11-7-5-8-12-15/h3,5-8,11-12H,1,4,9-10,13H2,2H3/b6-3+. The summed E-state index contributed by atoms with van der Waals surface area (Å²) < 4.78 is 5.17. The van der Waals surface area contributed by atoms with Crippen molar-refractivity contribution >= 4 is 5.97 Å². The zero-order valence-corrected chi connectivity index (χ0v) is 10.9. The maximum atomic E-state index is 11.6. The van der Waals surface area contributed by atoms with Crippen LogP contribution in [0, 0.1) is 0 Å². The average molecular weight is 244 g/mol. The molecule has 0 aromatic heterocycles. The molecule has 1 aromatic rings. The lowest BCUT2D eigenvalue weighted by atomic mass is 10.2. The first kappa shape index (κ1) is 14.2. The highest BCUT2D eigenvalue weighted by Gasteiger charge is 2.04. The van der Waals surface area contributed by atoms with Crippen LogP contribution in [0.15, 0.2) is 54.6 Å². The minimum atomic E-state index is -0.249. The van der Waals surface area contributed by atoms with Gasteiger partial charge in [-0.05, 0) is 38.3 Å². The van der Waals surface area contributed by atoms with Crippen LogP contribution in [0.2, 0.25) is 0 Å². The van der Waals surface area contributed by atoms with Crippen molar-refractivity contribution in [2.24, 2.45) is 0 Å². The molecule has 0 unspecified atom stereocenters. The van der Waals surface area contributed by atoms with Crippen LogP contribution in [0.4, 0.5) is 0 Å². The summed E-state index contributed by atoms with van der Waals surface area (Å²) in [7, 11) is 0. The highest BCUT2D eigenvalue weighted by molar-refractivity contribution is 5.89. The predicted octanol–water partition coefficient (Wildman–Crippen LogP) is 4.15. The molecule has 0 aliphatic carbocycles. The summed E-state index contributed by atoms with van der Waals surface area (Å²) >= 11 is 0. The topological polar surface area (TPSA) is 26.3 Å². The summed E-state index contributed by atoms with van der Waals surface area (Å²) in [6, 6.07) is 9.06. The zero-order chi connectivity index (χ0) is 13.2. The number of carbonyl (C=O) groups excluding carboxylic acids is 1. The van der Waals surface area contributed by atoms with Crippen LogP contribution in [0.3, 0.4) is 0 Å². The van der Waals surface area contributed by atoms with Gasteiger partial charge in [0.25, 0.3) is 0 Å². The molecule has 0 N–H and O–H groups in total. The monoisotopic (exact) mass is 244 g/mol. The van der Waals surface area contributed by atoms with E-state index in [1.165, 1.54) is 0 Å². The summed E-state index contributed by atoms with van der Waals surface area (Å²) in [6.07, 6.45) is 6.90. The van der Waals surface area contributed by atoms with Crippen molar-refractivity contribution in [3.05, 3.63) is 60.2 Å². The summed E-state index contributed by atoms with van der Waals surface area (Å²) in [5.41, 5.74) is 1.76. The number of ether oxygens (including phenoxy) is 1. The van der Waals surface area contributed by atoms with Crippen molar-refractivity contribution in [1.82, 2.24) is 0 Å². The molecule has 0 heterocycles. The van der Waals surface area contributed by atoms with Crippen molar-refractivity contribution in [1.29, 1.82) is 0 Å². The van der Waals surface area contributed by atoms with Gasteiger partial charge in [0.05, 0.1) is 12.2 Å². The van der Waals surface area contributed by atoms with E-state index in [1.807, 2.05) is 25.1 Å². The first-order chi connectivity index (χ1) is 8.70. The van der Waals surface area contributed by atoms with Gasteiger partial charge in [-0.25, -0.2) is 4.79 Å². The maximum Gasteiger partial charge on any atom is 0.338 e. The molecule has 0 saturated carbocycles. The Kier molecular flexibility index (Phi) is 6.55. The SMILES string of the molecule is C=C(C)C/C=C/CCCOC(=O)c1ccccc1. The Bertz CT molecular complexity index is 404. The molecule has 0 saturated heterocycles. The molecule has 0 aliphatic heterocycles. The lowest BCUT2D eigenvalue weighted by molar-refractivity contribution is 0.0501. The van der Waals surface area contributed by atoms with Crippen LogP contribution in [0.25, 0.3) is 0 Å². The quantitative estimate of drug-likeness (QED) is 0.409. The Labute approximate surface area is 109 Å². The van der Waals surface area contributed by atoms with Gasteiger partial charge in [0, 0.05) is 0 Å². The van der Waals surface area contributed by atoms with Gasteiger partial charge in [0.15, 0.2) is 0 Å². The van der Waals surface area contributed by atoms with Crippen LogP contribution in [0.5, 0.6) is 0 Å². The highest BCUT2D eigenvalue weighted by atomic mass is 16.5. The minimum Gasteiger partial charge on any atom is -0.462 e. The van der Waals surface area contributed by atoms with Gasteiger partial charge in [0.2, 0.25) is 0 Å². The molecule has 96 valence electrons. The number of hydrogen-bond acceptors (Lipinski definition) is 2. The van der Waals surface area contributed by atoms with E-state index in [0.717, 1.165) is 24.8 Å². The smallest absolute Gasteiger partial charge is 0.338 e. The third-order valence-corrected chi connectivity index (χ3v) is 2.39. The molecule has 2 nitrogen and oxygen atoms in total. The van der Waals surface area contributed by atoms with E-state index in [1.54, 1.807) is 12.1 Å². The van der Waals surface area contributed by atoms with E-state index in [9.17, 15) is 4.79 Å². The fourth-order valence-corrected chi connectivity index (χ4v) is 1.43. The Hall–Kier alpha value is -1.83. The van der Waals surface area contributed by atoms with Crippen LogP contribution >= 0.6 is 0 Å². The first-order valence-corrected chi connectivity index (χ1v) is 6.21. The Balaban J connectivity index is 2.13. The molecule has 0 atom stereocenters. The van der Waals surface area contributed by atoms with Gasteiger partial charge in [-0.3, -0.25) is 0 Å². The molecule has 18 heavy (non-hydrogen) atoms. The minimum absolute atomic E-state index is 0.249. The normalized spacial score (nSPS) is 10.5. The van der Waals surface area contributed by atoms with E-state index in [-0.39, 0.29) is 5.97 Å². The lowest BCUT2D eigenvalue weighted by Crippen LogP contribution is -2.05. The molecule has 0 radical (unpaired) electrons. The van der Waals surface area contributed by atoms with Gasteiger partial charge < -0.3 is 4.74 Å². The second kappa shape index (κ2) is 8.29. The van der Waals surface area contributed by atoms with Gasteiger partial charge in [0.1, 0.15) is 0 Å². The van der Waals surface area contributed by atoms with E-state index in [4.69, 9.17) is 4.74 Å². The van der Waals surface area contributed by atoms with E-state index in [0.29, 0.717) is 12.2 Å². The Morgan fingerprint density at radius 1 is 1.28 bits per heavy atom. The van der Waals surface area contributed by atoms with Crippen molar-refractivity contribution in [2.45, 2.75) is 26.2 Å². The third-order valence-electron chi connectivity index (χ3n) is 2.39. The van der Waals surface area contributed by atoms with Crippen LogP contribution in [0.1, 0.15) is 36.5 Å². The van der Waals surface area contributed by atoms with E-state index in [2.05, 4.69) is 18.7 Å². The Morgan fingerprint density at radius 2 is 2.00 bits per heavy atom. The van der Waals surface area contributed by atoms with Crippen molar-refractivity contribution in [2.75, 3.05) is 6.61 Å². The molecule has 1 rings (SSSR count). The zero-order valence-electron chi connectivity index (χ0n) is 10.9. The fraction of sp³-hybridized carbons (Fsp3) is 0.312. The van der Waals surface area contributed by atoms with Crippen molar-refractivity contribution in [3.63, 3.8) is 0 Å². The van der Waals surface area contributed by atoms with Crippen LogP contribution in [-0.4, -0.2) is 12.6 Å². The summed E-state index contributed by atoms with van der Waals surface area (Å²) in [4.78, 5) is 11.6. The number of carbonyl (C=O) groups is 1. The lowest BCUT2D eigenvalue weighted by Gasteiger charge is -2.03. The molecule has 0 aliphatic rings. The molecule has 0 amide bonds. The van der Waals surface area contributed by atoms with Crippen LogP contribution in [-0.2, 0) is 4.74 Å². The molecular weight excluding hydrogens is 224 g/mol. The van der Waals surface area contributed by atoms with Gasteiger partial charge >= 0.3 is 5.97 Å². The molecular formula is C16H20O2. The second-order valence-corrected chi connectivity index (χ2v) is 4.28. The summed E-state index contributed by atoms with van der Waals surface area (Å²) in [5.74, 6) is -0.249. The number of allylic oxidation sites excluding steroid dienone is 3. The predicted molar refractivity (Wildman–Crippen MR) is 74.5 cm³/mol. The Morgan fingerprint density at radius 3 is 2.67 bits per heavy atom. The number of unbranched alkanes of at least 4 members (excludes halogenated alkanes) is 1. The molecule has 2 heteroatoms. The van der Waals surface area contributed by atoms with Gasteiger partial charge in [-0.1, -0.05) is 42.5 Å². The number of esters is 1. The largest absolute Gasteiger partial charge is 0.462 e. The number of hydrogen-bond donors (Lipinski definition) is 0. The van der Waals surface area contributed by atoms with E-state index >= 15 is 0 Å². The average Bonchev–Trinajstić information content (AvgIpc) is 2.38. The van der Waals surface area contributed by atoms with E-state index < -0.39 is 0 Å². The highest BCUT2D eigenvalue weighted by Crippen LogP contribution is 2.03. The summed E-state index contributed by atoms with van der Waals surface area (Å²) in [5, 5.41) is 0. The van der Waals surface area contributed by atoms with Crippen LogP contribution < -0.4 is 0 Å². The maximum absolute atomic E-state index is 11.6.